The first-order valence-corrected chi connectivity index (χ1v) is 11.4. The third kappa shape index (κ3) is 4.63. The average molecular weight is 446 g/mol. The number of ether oxygens (including phenoxy) is 2. The Morgan fingerprint density at radius 1 is 1.10 bits per heavy atom. The minimum absolute atomic E-state index is 0.0392. The van der Waals surface area contributed by atoms with E-state index in [4.69, 9.17) is 9.47 Å². The van der Waals surface area contributed by atoms with E-state index in [1.54, 1.807) is 15.9 Å². The van der Waals surface area contributed by atoms with Crippen molar-refractivity contribution >= 4 is 23.6 Å². The smallest absolute Gasteiger partial charge is 0.267 e. The Balaban J connectivity index is 1.26. The number of piperazine rings is 1. The zero-order valence-electron chi connectivity index (χ0n) is 18.0. The van der Waals surface area contributed by atoms with Crippen LogP contribution in [0.3, 0.4) is 0 Å². The normalized spacial score (nSPS) is 18.4. The van der Waals surface area contributed by atoms with Crippen LogP contribution < -0.4 is 9.47 Å². The first-order valence-electron chi connectivity index (χ1n) is 10.4. The van der Waals surface area contributed by atoms with Crippen molar-refractivity contribution < 1.29 is 19.1 Å². The molecule has 31 heavy (non-hydrogen) atoms. The molecule has 1 unspecified atom stereocenters. The summed E-state index contributed by atoms with van der Waals surface area (Å²) < 4.78 is 13.4. The predicted molar refractivity (Wildman–Crippen MR) is 115 cm³/mol. The number of thioether (sulfide) groups is 1. The molecular formula is C21H27N5O4S. The standard InChI is InChI=1S/C21H27N5O4S/c1-14(2)19-22-23-21(24(19)3)31-13-18(27)25-8-10-26(11-9-25)20(28)17-12-29-15-6-4-5-7-16(15)30-17/h4-7,14,17H,8-13H2,1-3H3. The van der Waals surface area contributed by atoms with E-state index in [1.165, 1.54) is 11.8 Å². The zero-order valence-corrected chi connectivity index (χ0v) is 18.8. The van der Waals surface area contributed by atoms with Gasteiger partial charge in [0, 0.05) is 39.1 Å². The highest BCUT2D eigenvalue weighted by Gasteiger charge is 2.33. The first-order chi connectivity index (χ1) is 14.9. The molecule has 2 amide bonds. The summed E-state index contributed by atoms with van der Waals surface area (Å²) in [7, 11) is 1.92. The van der Waals surface area contributed by atoms with Crippen molar-refractivity contribution in [3.05, 3.63) is 30.1 Å². The maximum absolute atomic E-state index is 12.8. The molecule has 1 aromatic heterocycles. The van der Waals surface area contributed by atoms with Gasteiger partial charge < -0.3 is 23.8 Å². The van der Waals surface area contributed by atoms with Crippen molar-refractivity contribution in [2.45, 2.75) is 31.0 Å². The largest absolute Gasteiger partial charge is 0.485 e. The molecule has 1 saturated heterocycles. The van der Waals surface area contributed by atoms with Crippen LogP contribution in [0.25, 0.3) is 0 Å². The van der Waals surface area contributed by atoms with Gasteiger partial charge in [-0.1, -0.05) is 37.7 Å². The Kier molecular flexibility index (Phi) is 6.35. The molecule has 9 nitrogen and oxygen atoms in total. The average Bonchev–Trinajstić information content (AvgIpc) is 3.17. The molecule has 4 rings (SSSR count). The van der Waals surface area contributed by atoms with Crippen molar-refractivity contribution in [3.8, 4) is 11.5 Å². The molecular weight excluding hydrogens is 418 g/mol. The number of carbonyl (C=O) groups excluding carboxylic acids is 2. The lowest BCUT2D eigenvalue weighted by atomic mass is 10.2. The second-order valence-electron chi connectivity index (χ2n) is 7.91. The minimum atomic E-state index is -0.654. The number of hydrogen-bond donors (Lipinski definition) is 0. The first kappa shape index (κ1) is 21.5. The van der Waals surface area contributed by atoms with Gasteiger partial charge in [-0.15, -0.1) is 10.2 Å². The van der Waals surface area contributed by atoms with E-state index in [0.29, 0.717) is 43.4 Å². The van der Waals surface area contributed by atoms with Gasteiger partial charge in [-0.2, -0.15) is 0 Å². The fourth-order valence-corrected chi connectivity index (χ4v) is 4.51. The molecule has 1 aromatic carbocycles. The number of hydrogen-bond acceptors (Lipinski definition) is 7. The van der Waals surface area contributed by atoms with Gasteiger partial charge in [0.25, 0.3) is 5.91 Å². The van der Waals surface area contributed by atoms with E-state index in [2.05, 4.69) is 24.0 Å². The monoisotopic (exact) mass is 445 g/mol. The second-order valence-corrected chi connectivity index (χ2v) is 8.86. The van der Waals surface area contributed by atoms with Crippen LogP contribution in [0.4, 0.5) is 0 Å². The third-order valence-corrected chi connectivity index (χ3v) is 6.44. The van der Waals surface area contributed by atoms with Crippen molar-refractivity contribution in [1.82, 2.24) is 24.6 Å². The lowest BCUT2D eigenvalue weighted by Gasteiger charge is -2.37. The fraction of sp³-hybridized carbons (Fsp3) is 0.524. The van der Waals surface area contributed by atoms with E-state index < -0.39 is 6.10 Å². The molecule has 3 heterocycles. The summed E-state index contributed by atoms with van der Waals surface area (Å²) in [6.07, 6.45) is -0.654. The van der Waals surface area contributed by atoms with Crippen LogP contribution in [-0.2, 0) is 16.6 Å². The van der Waals surface area contributed by atoms with Gasteiger partial charge in [0.2, 0.25) is 12.0 Å². The Labute approximate surface area is 185 Å². The highest BCUT2D eigenvalue weighted by molar-refractivity contribution is 7.99. The number of nitrogens with zero attached hydrogens (tertiary/aromatic N) is 5. The van der Waals surface area contributed by atoms with Crippen LogP contribution in [0.2, 0.25) is 0 Å². The van der Waals surface area contributed by atoms with E-state index in [9.17, 15) is 9.59 Å². The third-order valence-electron chi connectivity index (χ3n) is 5.44. The van der Waals surface area contributed by atoms with Gasteiger partial charge in [-0.25, -0.2) is 0 Å². The van der Waals surface area contributed by atoms with Crippen LogP contribution in [0, 0.1) is 0 Å². The van der Waals surface area contributed by atoms with Crippen LogP contribution in [0.15, 0.2) is 29.4 Å². The second kappa shape index (κ2) is 9.17. The maximum Gasteiger partial charge on any atom is 0.267 e. The van der Waals surface area contributed by atoms with Gasteiger partial charge in [0.1, 0.15) is 12.4 Å². The number of carbonyl (C=O) groups is 2. The molecule has 1 fully saturated rings. The summed E-state index contributed by atoms with van der Waals surface area (Å²) >= 11 is 1.39. The van der Waals surface area contributed by atoms with Gasteiger partial charge in [0.05, 0.1) is 5.75 Å². The molecule has 1 atom stereocenters. The molecule has 2 aromatic rings. The summed E-state index contributed by atoms with van der Waals surface area (Å²) in [6.45, 7) is 6.30. The number of amides is 2. The Morgan fingerprint density at radius 3 is 2.45 bits per heavy atom. The van der Waals surface area contributed by atoms with Crippen LogP contribution in [-0.4, -0.2) is 81.0 Å². The Morgan fingerprint density at radius 2 is 1.77 bits per heavy atom. The SMILES string of the molecule is CC(C)c1nnc(SCC(=O)N2CCN(C(=O)C3COc4ccccc4O3)CC2)n1C. The van der Waals surface area contributed by atoms with Crippen LogP contribution in [0.5, 0.6) is 11.5 Å². The number of benzene rings is 1. The zero-order chi connectivity index (χ0) is 22.0. The van der Waals surface area contributed by atoms with Gasteiger partial charge in [-0.3, -0.25) is 9.59 Å². The number of para-hydroxylation sites is 2. The molecule has 2 aliphatic heterocycles. The number of aromatic nitrogens is 3. The van der Waals surface area contributed by atoms with E-state index in [0.717, 1.165) is 11.0 Å². The molecule has 0 saturated carbocycles. The topological polar surface area (TPSA) is 89.8 Å². The molecule has 166 valence electrons. The molecule has 0 bridgehead atoms. The molecule has 0 spiro atoms. The van der Waals surface area contributed by atoms with Gasteiger partial charge in [-0.05, 0) is 12.1 Å². The van der Waals surface area contributed by atoms with Crippen molar-refractivity contribution in [2.24, 2.45) is 7.05 Å². The fourth-order valence-electron chi connectivity index (χ4n) is 3.69. The van der Waals surface area contributed by atoms with E-state index in [1.807, 2.05) is 29.8 Å². The Bertz CT molecular complexity index is 955. The summed E-state index contributed by atoms with van der Waals surface area (Å²) in [4.78, 5) is 29.0. The summed E-state index contributed by atoms with van der Waals surface area (Å²) in [5.41, 5.74) is 0. The molecule has 0 N–H and O–H groups in total. The molecule has 2 aliphatic rings. The summed E-state index contributed by atoms with van der Waals surface area (Å²) in [5, 5.41) is 9.11. The highest BCUT2D eigenvalue weighted by Crippen LogP contribution is 2.31. The summed E-state index contributed by atoms with van der Waals surface area (Å²) in [5.74, 6) is 2.66. The van der Waals surface area contributed by atoms with Crippen molar-refractivity contribution in [2.75, 3.05) is 38.5 Å². The molecule has 10 heteroatoms. The quantitative estimate of drug-likeness (QED) is 0.645. The van der Waals surface area contributed by atoms with Crippen molar-refractivity contribution in [3.63, 3.8) is 0 Å². The highest BCUT2D eigenvalue weighted by atomic mass is 32.2. The number of rotatable bonds is 5. The van der Waals surface area contributed by atoms with Crippen LogP contribution in [0.1, 0.15) is 25.6 Å². The summed E-state index contributed by atoms with van der Waals surface area (Å²) in [6, 6.07) is 7.34. The molecule has 0 aliphatic carbocycles. The minimum Gasteiger partial charge on any atom is -0.485 e. The lowest BCUT2D eigenvalue weighted by Crippen LogP contribution is -2.55. The predicted octanol–water partition coefficient (Wildman–Crippen LogP) is 1.54. The van der Waals surface area contributed by atoms with Gasteiger partial charge >= 0.3 is 0 Å². The number of fused-ring (bicyclic) bond motifs is 1. The van der Waals surface area contributed by atoms with Crippen LogP contribution >= 0.6 is 11.8 Å². The van der Waals surface area contributed by atoms with E-state index >= 15 is 0 Å². The maximum atomic E-state index is 12.8. The molecule has 0 radical (unpaired) electrons. The van der Waals surface area contributed by atoms with E-state index in [-0.39, 0.29) is 24.3 Å². The Hall–Kier alpha value is -2.75. The van der Waals surface area contributed by atoms with Gasteiger partial charge in [0.15, 0.2) is 16.7 Å². The lowest BCUT2D eigenvalue weighted by molar-refractivity contribution is -0.145. The van der Waals surface area contributed by atoms with Crippen molar-refractivity contribution in [1.29, 1.82) is 0 Å².